The number of rotatable bonds is 12. The van der Waals surface area contributed by atoms with E-state index in [2.05, 4.69) is 15.4 Å². The van der Waals surface area contributed by atoms with Gasteiger partial charge in [-0.15, -0.1) is 0 Å². The minimum absolute atomic E-state index is 0.0843. The van der Waals surface area contributed by atoms with Crippen LogP contribution in [0, 0.1) is 11.3 Å². The first kappa shape index (κ1) is 42.4. The first-order chi connectivity index (χ1) is 27.3. The second-order valence-corrected chi connectivity index (χ2v) is 21.7. The molecule has 6 atom stereocenters. The number of morpholine rings is 1. The molecule has 1 aromatic carbocycles. The third-order valence-corrected chi connectivity index (χ3v) is 16.4. The maximum absolute atomic E-state index is 14.9. The number of nitrogens with zero attached hydrogens (tertiary/aromatic N) is 3. The normalized spacial score (nSPS) is 28.0. The Bertz CT molecular complexity index is 2110. The van der Waals surface area contributed by atoms with Crippen LogP contribution in [0.2, 0.25) is 5.02 Å². The van der Waals surface area contributed by atoms with Gasteiger partial charge in [-0.2, -0.15) is 4.31 Å². The Morgan fingerprint density at radius 2 is 1.79 bits per heavy atom. The van der Waals surface area contributed by atoms with E-state index in [0.29, 0.717) is 43.2 Å². The van der Waals surface area contributed by atoms with E-state index in [0.717, 1.165) is 11.1 Å². The molecule has 318 valence electrons. The van der Waals surface area contributed by atoms with Gasteiger partial charge in [0.25, 0.3) is 5.91 Å². The number of carbonyl (C=O) groups excluding carboxylic acids is 4. The fraction of sp³-hybridized carbons (Fsp3) is 0.641. The first-order valence-electron chi connectivity index (χ1n) is 20.0. The largest absolute Gasteiger partial charge is 0.444 e. The molecule has 3 heterocycles. The number of ether oxygens (including phenoxy) is 2. The van der Waals surface area contributed by atoms with Crippen LogP contribution in [0.4, 0.5) is 4.79 Å². The van der Waals surface area contributed by atoms with Crippen LogP contribution in [0.5, 0.6) is 0 Å². The summed E-state index contributed by atoms with van der Waals surface area (Å²) in [6.07, 6.45) is 5.31. The maximum Gasteiger partial charge on any atom is 0.410 e. The number of amides is 4. The van der Waals surface area contributed by atoms with Gasteiger partial charge in [-0.25, -0.2) is 21.6 Å². The number of benzene rings is 1. The van der Waals surface area contributed by atoms with Crippen molar-refractivity contribution < 1.29 is 45.5 Å². The van der Waals surface area contributed by atoms with Crippen LogP contribution in [0.3, 0.4) is 0 Å². The molecule has 58 heavy (non-hydrogen) atoms. The number of hydrogen-bond acceptors (Lipinski definition) is 11. The van der Waals surface area contributed by atoms with E-state index in [-0.39, 0.29) is 57.9 Å². The average molecular weight is 865 g/mol. The molecule has 4 amide bonds. The lowest BCUT2D eigenvalue weighted by molar-refractivity contribution is -0.142. The smallest absolute Gasteiger partial charge is 0.410 e. The third-order valence-electron chi connectivity index (χ3n) is 12.0. The molecule has 7 rings (SSSR count). The van der Waals surface area contributed by atoms with E-state index in [1.165, 1.54) is 14.1 Å². The molecule has 0 bridgehead atoms. The molecule has 3 aliphatic carbocycles. The number of allylic oxidation sites excluding steroid dienone is 2. The lowest BCUT2D eigenvalue weighted by Crippen LogP contribution is -2.59. The zero-order valence-electron chi connectivity index (χ0n) is 33.2. The SMILES string of the molecule is CC[C@@H]1C[C@]1(NC(=O)[C@@H]1C[C@@H](OC(=O)N2Cc3cccc(Cl)c3C2)CN1C(=O)[C@@H](NC1=CC(S(=O)(=O)N2CCOCC2)CC=C1)C(C)(C)C)C(=O)NS(=O)(=O)C1CC1. The van der Waals surface area contributed by atoms with Gasteiger partial charge in [0.2, 0.25) is 31.9 Å². The predicted molar refractivity (Wildman–Crippen MR) is 214 cm³/mol. The van der Waals surface area contributed by atoms with Gasteiger partial charge in [0.1, 0.15) is 23.7 Å². The fourth-order valence-corrected chi connectivity index (χ4v) is 11.7. The van der Waals surface area contributed by atoms with Crippen LogP contribution in [-0.2, 0) is 57.0 Å². The van der Waals surface area contributed by atoms with Crippen LogP contribution in [0.15, 0.2) is 42.1 Å². The van der Waals surface area contributed by atoms with E-state index in [1.54, 1.807) is 30.4 Å². The average Bonchev–Trinajstić information content (AvgIpc) is 4.07. The van der Waals surface area contributed by atoms with E-state index >= 15 is 0 Å². The lowest BCUT2D eigenvalue weighted by Gasteiger charge is -2.37. The highest BCUT2D eigenvalue weighted by Gasteiger charge is 2.62. The Labute approximate surface area is 345 Å². The van der Waals surface area contributed by atoms with Crippen molar-refractivity contribution in [3.05, 3.63) is 58.3 Å². The molecule has 16 nitrogen and oxygen atoms in total. The standard InChI is InChI=1S/C39H53ClN6O10S2/c1-5-25-20-39(25,36(49)43-57(51,52)28-12-13-28)42-34(47)32-19-27(56-37(50)44-21-24-8-6-11-31(40)30(24)23-44)22-46(32)35(48)33(38(2,3)4)41-26-9-7-10-29(18-26)58(53,54)45-14-16-55-17-15-45/h6-9,11,18,25,27-29,32-33,41H,5,10,12-17,19-23H2,1-4H3,(H,42,47)(H,43,49)/t25-,27-,29?,32+,33-,39-/m1/s1. The van der Waals surface area contributed by atoms with Gasteiger partial charge >= 0.3 is 6.09 Å². The van der Waals surface area contributed by atoms with Gasteiger partial charge in [-0.3, -0.25) is 24.0 Å². The third kappa shape index (κ3) is 8.62. The van der Waals surface area contributed by atoms with Crippen molar-refractivity contribution in [2.24, 2.45) is 11.3 Å². The highest BCUT2D eigenvalue weighted by molar-refractivity contribution is 7.91. The van der Waals surface area contributed by atoms with Crippen LogP contribution >= 0.6 is 11.6 Å². The van der Waals surface area contributed by atoms with Gasteiger partial charge in [-0.1, -0.05) is 63.9 Å². The summed E-state index contributed by atoms with van der Waals surface area (Å²) in [5.41, 5.74) is -0.141. The molecule has 4 fully saturated rings. The molecular formula is C39H53ClN6O10S2. The van der Waals surface area contributed by atoms with Crippen molar-refractivity contribution in [2.45, 2.75) is 114 Å². The summed E-state index contributed by atoms with van der Waals surface area (Å²) < 4.78 is 67.7. The predicted octanol–water partition coefficient (Wildman–Crippen LogP) is 2.53. The molecule has 3 aliphatic heterocycles. The molecule has 0 aromatic heterocycles. The van der Waals surface area contributed by atoms with E-state index < -0.39 is 83.5 Å². The van der Waals surface area contributed by atoms with Crippen LogP contribution in [0.25, 0.3) is 0 Å². The van der Waals surface area contributed by atoms with Gasteiger partial charge in [-0.05, 0) is 66.4 Å². The number of hydrogen-bond donors (Lipinski definition) is 3. The molecule has 0 spiro atoms. The number of sulfonamides is 2. The topological polar surface area (TPSA) is 201 Å². The van der Waals surface area contributed by atoms with Crippen molar-refractivity contribution in [1.82, 2.24) is 29.5 Å². The minimum Gasteiger partial charge on any atom is -0.444 e. The van der Waals surface area contributed by atoms with Crippen LogP contribution in [0.1, 0.15) is 77.3 Å². The summed E-state index contributed by atoms with van der Waals surface area (Å²) in [6.45, 7) is 8.84. The number of halogens is 1. The number of nitrogens with one attached hydrogen (secondary N) is 3. The van der Waals surface area contributed by atoms with Crippen LogP contribution < -0.4 is 15.4 Å². The summed E-state index contributed by atoms with van der Waals surface area (Å²) >= 11 is 6.39. The second-order valence-electron chi connectivity index (χ2n) is 17.2. The summed E-state index contributed by atoms with van der Waals surface area (Å²) in [7, 11) is -7.63. The molecule has 1 unspecified atom stereocenters. The van der Waals surface area contributed by atoms with Gasteiger partial charge in [0, 0.05) is 36.8 Å². The molecular weight excluding hydrogens is 812 g/mol. The maximum atomic E-state index is 14.9. The Hall–Kier alpha value is -3.71. The van der Waals surface area contributed by atoms with Crippen LogP contribution in [-0.4, -0.2) is 122 Å². The van der Waals surface area contributed by atoms with E-state index in [1.807, 2.05) is 33.8 Å². The molecule has 19 heteroatoms. The van der Waals surface area contributed by atoms with Gasteiger partial charge in [0.15, 0.2) is 0 Å². The molecule has 0 radical (unpaired) electrons. The molecule has 2 saturated carbocycles. The zero-order chi connectivity index (χ0) is 41.8. The first-order valence-corrected chi connectivity index (χ1v) is 23.4. The Balaban J connectivity index is 1.13. The fourth-order valence-electron chi connectivity index (χ4n) is 8.33. The molecule has 2 saturated heterocycles. The Morgan fingerprint density at radius 1 is 1.07 bits per heavy atom. The Morgan fingerprint density at radius 3 is 2.43 bits per heavy atom. The minimum atomic E-state index is -3.91. The van der Waals surface area contributed by atoms with E-state index in [9.17, 15) is 36.0 Å². The van der Waals surface area contributed by atoms with Crippen molar-refractivity contribution in [1.29, 1.82) is 0 Å². The van der Waals surface area contributed by atoms with E-state index in [4.69, 9.17) is 21.1 Å². The molecule has 6 aliphatic rings. The monoisotopic (exact) mass is 864 g/mol. The summed E-state index contributed by atoms with van der Waals surface area (Å²) in [5.74, 6) is -2.32. The zero-order valence-corrected chi connectivity index (χ0v) is 35.6. The van der Waals surface area contributed by atoms with Crippen molar-refractivity contribution in [3.8, 4) is 0 Å². The van der Waals surface area contributed by atoms with Crippen molar-refractivity contribution >= 4 is 55.5 Å². The number of fused-ring (bicyclic) bond motifs is 1. The Kier molecular flexibility index (Phi) is 11.7. The quantitative estimate of drug-likeness (QED) is 0.279. The highest BCUT2D eigenvalue weighted by Crippen LogP contribution is 2.47. The summed E-state index contributed by atoms with van der Waals surface area (Å²) in [4.78, 5) is 59.3. The second kappa shape index (κ2) is 16.0. The number of likely N-dealkylation sites (tertiary alicyclic amines) is 1. The molecule has 3 N–H and O–H groups in total. The molecule has 1 aromatic rings. The number of carbonyl (C=O) groups is 4. The highest BCUT2D eigenvalue weighted by atomic mass is 35.5. The summed E-state index contributed by atoms with van der Waals surface area (Å²) in [6, 6.07) is 3.25. The summed E-state index contributed by atoms with van der Waals surface area (Å²) in [5, 5.41) is 5.13. The van der Waals surface area contributed by atoms with Gasteiger partial charge < -0.3 is 25.0 Å². The van der Waals surface area contributed by atoms with Gasteiger partial charge in [0.05, 0.1) is 36.8 Å². The van der Waals surface area contributed by atoms with Crippen molar-refractivity contribution in [3.63, 3.8) is 0 Å². The lowest BCUT2D eigenvalue weighted by atomic mass is 9.85. The van der Waals surface area contributed by atoms with Crippen molar-refractivity contribution in [2.75, 3.05) is 32.8 Å².